The van der Waals surface area contributed by atoms with Crippen molar-refractivity contribution in [3.8, 4) is 6.07 Å². The third kappa shape index (κ3) is 2.17. The lowest BCUT2D eigenvalue weighted by molar-refractivity contribution is 0.0987. The molecule has 6 nitrogen and oxygen atoms in total. The molecule has 1 aromatic heterocycles. The van der Waals surface area contributed by atoms with Crippen LogP contribution in [0.2, 0.25) is 0 Å². The molecule has 1 radical (unpaired) electrons. The van der Waals surface area contributed by atoms with Gasteiger partial charge in [0.05, 0.1) is 11.8 Å². The molecule has 2 aliphatic rings. The molecule has 2 aliphatic carbocycles. The Kier molecular flexibility index (Phi) is 1.34. The van der Waals surface area contributed by atoms with Crippen LogP contribution in [0.4, 0.5) is 0 Å². The van der Waals surface area contributed by atoms with Crippen molar-refractivity contribution >= 4 is 5.91 Å². The topological polar surface area (TPSA) is 97.6 Å². The largest absolute Gasteiger partial charge is 0.364 e. The van der Waals surface area contributed by atoms with Crippen molar-refractivity contribution in [1.29, 1.82) is 5.26 Å². The molecule has 0 atom stereocenters. The molecule has 1 aromatic rings. The van der Waals surface area contributed by atoms with Crippen LogP contribution in [-0.4, -0.2) is 20.9 Å². The minimum atomic E-state index is -3.68. The number of nitrogens with zero attached hydrogens (tertiary/aromatic N) is 4. The minimum absolute atomic E-state index is 0.297. The summed E-state index contributed by atoms with van der Waals surface area (Å²) in [6, 6.07) is 1.93. The second-order valence-electron chi connectivity index (χ2n) is 4.43. The Bertz CT molecular complexity index is 961. The predicted octanol–water partition coefficient (Wildman–Crippen LogP) is 1.52. The lowest BCUT2D eigenvalue weighted by Crippen LogP contribution is -2.26. The maximum atomic E-state index is 12.1. The van der Waals surface area contributed by atoms with Gasteiger partial charge in [-0.2, -0.15) is 5.26 Å². The van der Waals surface area contributed by atoms with Crippen molar-refractivity contribution in [2.45, 2.75) is 50.2 Å². The van der Waals surface area contributed by atoms with E-state index in [1.54, 1.807) is 0 Å². The van der Waals surface area contributed by atoms with Crippen LogP contribution in [0.5, 0.6) is 0 Å². The lowest BCUT2D eigenvalue weighted by Gasteiger charge is -2.20. The fraction of sp³-hybridized carbons (Fsp3) is 0.643. The van der Waals surface area contributed by atoms with Gasteiger partial charge in [0.1, 0.15) is 0 Å². The van der Waals surface area contributed by atoms with Gasteiger partial charge in [0.2, 0.25) is 0 Å². The summed E-state index contributed by atoms with van der Waals surface area (Å²) in [6.45, 7) is 0. The van der Waals surface area contributed by atoms with Gasteiger partial charge in [-0.15, -0.1) is 5.10 Å². The molecule has 105 valence electrons. The van der Waals surface area contributed by atoms with Crippen molar-refractivity contribution in [2.24, 2.45) is 11.6 Å². The van der Waals surface area contributed by atoms with Crippen molar-refractivity contribution in [2.75, 3.05) is 0 Å². The number of carbonyl (C=O) groups excluding carboxylic acids is 1. The standard InChI is InChI=1S/C14H18N5O/c15-9-14(6-7-14)19-12(13(16)20)11(17-18-19)8-10-4-2-1-3-5-10/h8,10H,1-7H2,(H2,16,20)/i1D2,2D2,3D2,4D2,5D2,10D. The second-order valence-corrected chi connectivity index (χ2v) is 4.43. The average Bonchev–Trinajstić information content (AvgIpc) is 3.32. The van der Waals surface area contributed by atoms with E-state index in [1.165, 1.54) is 0 Å². The summed E-state index contributed by atoms with van der Waals surface area (Å²) < 4.78 is 89.7. The molecule has 2 fully saturated rings. The number of nitriles is 1. The van der Waals surface area contributed by atoms with Crippen LogP contribution in [0, 0.1) is 23.6 Å². The maximum Gasteiger partial charge on any atom is 0.269 e. The lowest BCUT2D eigenvalue weighted by atomic mass is 9.86. The Balaban J connectivity index is 2.23. The van der Waals surface area contributed by atoms with Gasteiger partial charge in [-0.1, -0.05) is 24.3 Å². The fourth-order valence-corrected chi connectivity index (χ4v) is 1.88. The molecule has 0 spiro atoms. The molecule has 1 heterocycles. The van der Waals surface area contributed by atoms with Crippen molar-refractivity contribution < 1.29 is 19.9 Å². The number of hydrogen-bond donors (Lipinski definition) is 1. The van der Waals surface area contributed by atoms with Gasteiger partial charge >= 0.3 is 0 Å². The molecule has 2 N–H and O–H groups in total. The van der Waals surface area contributed by atoms with Gasteiger partial charge in [0.25, 0.3) is 5.91 Å². The highest BCUT2D eigenvalue weighted by Crippen LogP contribution is 2.43. The van der Waals surface area contributed by atoms with Crippen LogP contribution in [-0.2, 0) is 5.54 Å². The van der Waals surface area contributed by atoms with Crippen LogP contribution in [0.15, 0.2) is 0 Å². The van der Waals surface area contributed by atoms with Gasteiger partial charge in [-0.3, -0.25) is 4.79 Å². The van der Waals surface area contributed by atoms with Crippen molar-refractivity contribution in [1.82, 2.24) is 15.0 Å². The Labute approximate surface area is 133 Å². The van der Waals surface area contributed by atoms with Gasteiger partial charge in [0, 0.05) is 21.5 Å². The highest BCUT2D eigenvalue weighted by atomic mass is 16.1. The molecule has 0 aromatic carbocycles. The molecule has 3 rings (SSSR count). The first kappa shape index (κ1) is 5.47. The number of rotatable bonds is 4. The van der Waals surface area contributed by atoms with E-state index in [0.29, 0.717) is 19.3 Å². The van der Waals surface area contributed by atoms with E-state index in [1.807, 2.05) is 6.07 Å². The Hall–Kier alpha value is -1.90. The quantitative estimate of drug-likeness (QED) is 0.905. The third-order valence-corrected chi connectivity index (χ3v) is 3.07. The summed E-state index contributed by atoms with van der Waals surface area (Å²) in [5.74, 6) is -4.60. The second kappa shape index (κ2) is 4.89. The van der Waals surface area contributed by atoms with Crippen molar-refractivity contribution in [3.05, 3.63) is 17.8 Å². The number of nitrogens with two attached hydrogens (primary N) is 1. The maximum absolute atomic E-state index is 12.1. The van der Waals surface area contributed by atoms with Crippen LogP contribution in [0.25, 0.3) is 0 Å². The van der Waals surface area contributed by atoms with E-state index in [9.17, 15) is 10.1 Å². The first-order valence-corrected chi connectivity index (χ1v) is 5.82. The van der Waals surface area contributed by atoms with E-state index >= 15 is 0 Å². The first-order valence-electron chi connectivity index (χ1n) is 11.3. The van der Waals surface area contributed by atoms with E-state index in [-0.39, 0.29) is 0 Å². The van der Waals surface area contributed by atoms with E-state index in [0.717, 1.165) is 4.68 Å². The van der Waals surface area contributed by atoms with Gasteiger partial charge in [0.15, 0.2) is 11.2 Å². The average molecular weight is 283 g/mol. The Morgan fingerprint density at radius 3 is 2.80 bits per heavy atom. The van der Waals surface area contributed by atoms with Gasteiger partial charge < -0.3 is 5.73 Å². The molecular formula is C14H18N5O. The number of amides is 1. The van der Waals surface area contributed by atoms with Gasteiger partial charge in [-0.05, 0) is 31.5 Å². The molecular weight excluding hydrogens is 254 g/mol. The van der Waals surface area contributed by atoms with Crippen LogP contribution in [0.1, 0.15) is 76.0 Å². The zero-order chi connectivity index (χ0) is 24.1. The highest BCUT2D eigenvalue weighted by molar-refractivity contribution is 5.92. The Morgan fingerprint density at radius 1 is 1.55 bits per heavy atom. The van der Waals surface area contributed by atoms with Gasteiger partial charge in [-0.25, -0.2) is 4.68 Å². The molecule has 6 heteroatoms. The molecule has 0 unspecified atom stereocenters. The number of primary amides is 1. The zero-order valence-electron chi connectivity index (χ0n) is 21.3. The van der Waals surface area contributed by atoms with E-state index in [2.05, 4.69) is 10.3 Å². The summed E-state index contributed by atoms with van der Waals surface area (Å²) in [5.41, 5.74) is 2.92. The van der Waals surface area contributed by atoms with Crippen LogP contribution < -0.4 is 5.73 Å². The minimum Gasteiger partial charge on any atom is -0.364 e. The summed E-state index contributed by atoms with van der Waals surface area (Å²) in [5, 5.41) is 16.6. The molecule has 0 aliphatic heterocycles. The summed E-state index contributed by atoms with van der Waals surface area (Å²) in [7, 11) is 0. The normalized spacial score (nSPS) is 43.6. The van der Waals surface area contributed by atoms with Crippen LogP contribution >= 0.6 is 0 Å². The summed E-state index contributed by atoms with van der Waals surface area (Å²) in [6.07, 6.45) is -17.3. The molecule has 0 saturated heterocycles. The van der Waals surface area contributed by atoms with E-state index < -0.39 is 60.6 Å². The highest BCUT2D eigenvalue weighted by Gasteiger charge is 2.49. The van der Waals surface area contributed by atoms with Crippen LogP contribution in [0.3, 0.4) is 0 Å². The molecule has 1 amide bonds. The SMILES string of the molecule is [2H]C1([2H])C([2H])([2H])C([2H])([2H])C([2H])([CH]c2nnn(C3(C#N)CC3)c2C(N)=O)C([2H])([2H])C1([2H])[2H]. The monoisotopic (exact) mass is 283 g/mol. The van der Waals surface area contributed by atoms with Crippen molar-refractivity contribution in [3.63, 3.8) is 0 Å². The predicted molar refractivity (Wildman–Crippen MR) is 71.3 cm³/mol. The molecule has 20 heavy (non-hydrogen) atoms. The number of carbonyl (C=O) groups is 1. The summed E-state index contributed by atoms with van der Waals surface area (Å²) in [4.78, 5) is 12.1. The Morgan fingerprint density at radius 2 is 2.25 bits per heavy atom. The third-order valence-electron chi connectivity index (χ3n) is 3.07. The number of hydrogen-bond acceptors (Lipinski definition) is 4. The van der Waals surface area contributed by atoms with E-state index in [4.69, 9.17) is 20.8 Å². The molecule has 2 saturated carbocycles. The number of aromatic nitrogens is 3. The summed E-state index contributed by atoms with van der Waals surface area (Å²) >= 11 is 0. The molecule has 0 bridgehead atoms. The fourth-order valence-electron chi connectivity index (χ4n) is 1.88. The zero-order valence-corrected chi connectivity index (χ0v) is 10.3. The smallest absolute Gasteiger partial charge is 0.269 e. The first-order chi connectivity index (χ1) is 13.8.